The molecular formula is C23H28N3O3S+. The second-order valence-electron chi connectivity index (χ2n) is 7.29. The molecule has 0 saturated carbocycles. The Balaban J connectivity index is 1.56. The van der Waals surface area contributed by atoms with Gasteiger partial charge >= 0.3 is 0 Å². The zero-order valence-corrected chi connectivity index (χ0v) is 18.6. The van der Waals surface area contributed by atoms with Gasteiger partial charge in [-0.25, -0.2) is 4.98 Å². The number of nitrogens with zero attached hydrogens (tertiary/aromatic N) is 1. The standard InChI is InChI=1S/C23H27N3O3S/c1-16-8-10-18(11-9-16)24-21(27)12-22-25-19(15-30-22)14-26(2)13-17-6-5-7-20(28-3)23(17)29-4/h5-11,15H,12-14H2,1-4H3,(H,24,27)/p+1. The molecule has 0 bridgehead atoms. The van der Waals surface area contributed by atoms with E-state index in [-0.39, 0.29) is 12.3 Å². The highest BCUT2D eigenvalue weighted by atomic mass is 32.1. The first-order valence-corrected chi connectivity index (χ1v) is 10.7. The van der Waals surface area contributed by atoms with Crippen molar-refractivity contribution < 1.29 is 19.2 Å². The smallest absolute Gasteiger partial charge is 0.231 e. The van der Waals surface area contributed by atoms with E-state index < -0.39 is 0 Å². The molecule has 1 atom stereocenters. The van der Waals surface area contributed by atoms with Crippen LogP contribution in [0.1, 0.15) is 21.8 Å². The molecule has 0 aliphatic rings. The van der Waals surface area contributed by atoms with Gasteiger partial charge in [0.25, 0.3) is 0 Å². The minimum absolute atomic E-state index is 0.0541. The highest BCUT2D eigenvalue weighted by Crippen LogP contribution is 2.30. The van der Waals surface area contributed by atoms with Gasteiger partial charge in [0.15, 0.2) is 11.5 Å². The lowest BCUT2D eigenvalue weighted by Gasteiger charge is -2.16. The van der Waals surface area contributed by atoms with Crippen molar-refractivity contribution in [2.45, 2.75) is 26.4 Å². The first-order valence-electron chi connectivity index (χ1n) is 9.79. The van der Waals surface area contributed by atoms with E-state index in [9.17, 15) is 4.79 Å². The first-order chi connectivity index (χ1) is 14.5. The van der Waals surface area contributed by atoms with Crippen LogP contribution in [0.2, 0.25) is 0 Å². The molecule has 158 valence electrons. The molecule has 0 radical (unpaired) electrons. The number of aryl methyl sites for hydroxylation is 1. The van der Waals surface area contributed by atoms with Gasteiger partial charge in [0, 0.05) is 11.1 Å². The molecule has 3 aromatic rings. The molecule has 0 spiro atoms. The zero-order chi connectivity index (χ0) is 21.5. The maximum atomic E-state index is 12.3. The van der Waals surface area contributed by atoms with E-state index in [0.717, 1.165) is 52.1 Å². The summed E-state index contributed by atoms with van der Waals surface area (Å²) in [5.74, 6) is 1.45. The fraction of sp³-hybridized carbons (Fsp3) is 0.304. The molecular weight excluding hydrogens is 398 g/mol. The Hall–Kier alpha value is -2.90. The number of carbonyl (C=O) groups is 1. The maximum Gasteiger partial charge on any atom is 0.231 e. The van der Waals surface area contributed by atoms with Crippen LogP contribution in [0.4, 0.5) is 5.69 Å². The molecule has 1 aromatic heterocycles. The van der Waals surface area contributed by atoms with Gasteiger partial charge in [0.2, 0.25) is 5.91 Å². The fourth-order valence-electron chi connectivity index (χ4n) is 3.28. The number of thiazole rings is 1. The van der Waals surface area contributed by atoms with Crippen LogP contribution in [-0.4, -0.2) is 32.2 Å². The summed E-state index contributed by atoms with van der Waals surface area (Å²) in [5.41, 5.74) is 4.04. The Bertz CT molecular complexity index is 986. The van der Waals surface area contributed by atoms with Gasteiger partial charge in [-0.1, -0.05) is 23.8 Å². The van der Waals surface area contributed by atoms with Gasteiger partial charge in [0.05, 0.1) is 33.3 Å². The van der Waals surface area contributed by atoms with Crippen molar-refractivity contribution in [3.05, 3.63) is 69.7 Å². The molecule has 3 rings (SSSR count). The third-order valence-electron chi connectivity index (χ3n) is 4.71. The molecule has 2 N–H and O–H groups in total. The number of hydrogen-bond donors (Lipinski definition) is 2. The molecule has 0 aliphatic carbocycles. The van der Waals surface area contributed by atoms with Crippen LogP contribution in [-0.2, 0) is 24.3 Å². The summed E-state index contributed by atoms with van der Waals surface area (Å²) in [6, 6.07) is 13.7. The van der Waals surface area contributed by atoms with Gasteiger partial charge in [-0.05, 0) is 31.2 Å². The summed E-state index contributed by atoms with van der Waals surface area (Å²) < 4.78 is 10.9. The van der Waals surface area contributed by atoms with Crippen LogP contribution >= 0.6 is 11.3 Å². The lowest BCUT2D eigenvalue weighted by atomic mass is 10.1. The average Bonchev–Trinajstić information content (AvgIpc) is 3.15. The Labute approximate surface area is 181 Å². The van der Waals surface area contributed by atoms with E-state index in [1.807, 2.05) is 54.8 Å². The number of anilines is 1. The number of hydrogen-bond acceptors (Lipinski definition) is 5. The maximum absolute atomic E-state index is 12.3. The minimum atomic E-state index is -0.0541. The fourth-order valence-corrected chi connectivity index (χ4v) is 4.07. The van der Waals surface area contributed by atoms with Crippen LogP contribution in [0.25, 0.3) is 0 Å². The number of carbonyl (C=O) groups excluding carboxylic acids is 1. The van der Waals surface area contributed by atoms with Crippen molar-refractivity contribution in [3.63, 3.8) is 0 Å². The van der Waals surface area contributed by atoms with Gasteiger partial charge in [-0.2, -0.15) is 0 Å². The van der Waals surface area contributed by atoms with E-state index in [1.54, 1.807) is 14.2 Å². The summed E-state index contributed by atoms with van der Waals surface area (Å²) >= 11 is 1.52. The van der Waals surface area contributed by atoms with Gasteiger partial charge in [-0.15, -0.1) is 11.3 Å². The molecule has 7 heteroatoms. The first kappa shape index (κ1) is 21.8. The molecule has 0 saturated heterocycles. The van der Waals surface area contributed by atoms with Crippen LogP contribution in [0, 0.1) is 6.92 Å². The van der Waals surface area contributed by atoms with E-state index in [0.29, 0.717) is 0 Å². The van der Waals surface area contributed by atoms with Gasteiger partial charge in [-0.3, -0.25) is 4.79 Å². The van der Waals surface area contributed by atoms with Crippen LogP contribution in [0.3, 0.4) is 0 Å². The molecule has 1 unspecified atom stereocenters. The van der Waals surface area contributed by atoms with E-state index >= 15 is 0 Å². The summed E-state index contributed by atoms with van der Waals surface area (Å²) in [5, 5.41) is 5.77. The van der Waals surface area contributed by atoms with E-state index in [1.165, 1.54) is 16.2 Å². The van der Waals surface area contributed by atoms with Gasteiger partial charge < -0.3 is 19.7 Å². The number of amides is 1. The van der Waals surface area contributed by atoms with Crippen molar-refractivity contribution in [3.8, 4) is 11.5 Å². The topological polar surface area (TPSA) is 64.9 Å². The zero-order valence-electron chi connectivity index (χ0n) is 17.8. The predicted molar refractivity (Wildman–Crippen MR) is 119 cm³/mol. The normalized spacial score (nSPS) is 11.7. The number of aromatic nitrogens is 1. The number of benzene rings is 2. The number of para-hydroxylation sites is 1. The summed E-state index contributed by atoms with van der Waals surface area (Å²) in [4.78, 5) is 18.2. The highest BCUT2D eigenvalue weighted by Gasteiger charge is 2.16. The Kier molecular flexibility index (Phi) is 7.43. The Morgan fingerprint density at radius 3 is 2.57 bits per heavy atom. The van der Waals surface area contributed by atoms with E-state index in [4.69, 9.17) is 9.47 Å². The molecule has 0 fully saturated rings. The average molecular weight is 427 g/mol. The lowest BCUT2D eigenvalue weighted by Crippen LogP contribution is -3.06. The highest BCUT2D eigenvalue weighted by molar-refractivity contribution is 7.09. The second-order valence-corrected chi connectivity index (χ2v) is 8.23. The van der Waals surface area contributed by atoms with Crippen molar-refractivity contribution in [2.24, 2.45) is 0 Å². The van der Waals surface area contributed by atoms with Crippen LogP contribution < -0.4 is 19.7 Å². The summed E-state index contributed by atoms with van der Waals surface area (Å²) in [6.07, 6.45) is 0.279. The third kappa shape index (κ3) is 5.81. The van der Waals surface area contributed by atoms with Crippen LogP contribution in [0.5, 0.6) is 11.5 Å². The van der Waals surface area contributed by atoms with Gasteiger partial charge in [0.1, 0.15) is 23.8 Å². The Morgan fingerprint density at radius 1 is 1.10 bits per heavy atom. The number of quaternary nitrogens is 1. The summed E-state index contributed by atoms with van der Waals surface area (Å²) in [7, 11) is 5.41. The molecule has 30 heavy (non-hydrogen) atoms. The third-order valence-corrected chi connectivity index (χ3v) is 5.60. The number of methoxy groups -OCH3 is 2. The minimum Gasteiger partial charge on any atom is -0.493 e. The molecule has 2 aromatic carbocycles. The number of rotatable bonds is 9. The van der Waals surface area contributed by atoms with Crippen molar-refractivity contribution in [2.75, 3.05) is 26.6 Å². The SMILES string of the molecule is COc1cccc(C[NH+](C)Cc2csc(CC(=O)Nc3ccc(C)cc3)n2)c1OC. The number of nitrogens with one attached hydrogen (secondary N) is 2. The van der Waals surface area contributed by atoms with Crippen molar-refractivity contribution in [1.82, 2.24) is 4.98 Å². The second kappa shape index (κ2) is 10.2. The van der Waals surface area contributed by atoms with Crippen LogP contribution in [0.15, 0.2) is 47.8 Å². The molecule has 6 nitrogen and oxygen atoms in total. The van der Waals surface area contributed by atoms with Crippen molar-refractivity contribution in [1.29, 1.82) is 0 Å². The Morgan fingerprint density at radius 2 is 1.87 bits per heavy atom. The molecule has 1 amide bonds. The lowest BCUT2D eigenvalue weighted by molar-refractivity contribution is -0.908. The molecule has 0 aliphatic heterocycles. The monoisotopic (exact) mass is 426 g/mol. The van der Waals surface area contributed by atoms with Crippen molar-refractivity contribution >= 4 is 22.9 Å². The predicted octanol–water partition coefficient (Wildman–Crippen LogP) is 2.86. The quantitative estimate of drug-likeness (QED) is 0.552. The number of ether oxygens (including phenoxy) is 2. The largest absolute Gasteiger partial charge is 0.493 e. The molecule has 1 heterocycles. The summed E-state index contributed by atoms with van der Waals surface area (Å²) in [6.45, 7) is 3.56. The van der Waals surface area contributed by atoms with E-state index in [2.05, 4.69) is 17.3 Å².